The molecule has 4 aromatic rings. The second-order valence-corrected chi connectivity index (χ2v) is 8.42. The molecular formula is C29H25ClN2O3. The van der Waals surface area contributed by atoms with Crippen LogP contribution in [0, 0.1) is 6.92 Å². The standard InChI is InChI=1S/C29H25ClN2O3/c1-21-2-4-23(5-3-21)19-34-27-14-8-22(9-15-27)18-31-32-29(33)25-10-16-28(17-11-25)35-20-24-6-12-26(30)13-7-24/h2-18H,19-20H2,1H3,(H,32,33)/b31-18-. The van der Waals surface area contributed by atoms with Crippen molar-refractivity contribution in [2.24, 2.45) is 5.10 Å². The summed E-state index contributed by atoms with van der Waals surface area (Å²) in [7, 11) is 0. The first kappa shape index (κ1) is 24.0. The maximum Gasteiger partial charge on any atom is 0.271 e. The second-order valence-electron chi connectivity index (χ2n) is 7.98. The number of ether oxygens (including phenoxy) is 2. The molecule has 1 N–H and O–H groups in total. The van der Waals surface area contributed by atoms with Crippen molar-refractivity contribution >= 4 is 23.7 Å². The molecule has 0 aliphatic rings. The minimum absolute atomic E-state index is 0.302. The lowest BCUT2D eigenvalue weighted by Gasteiger charge is -2.07. The SMILES string of the molecule is Cc1ccc(COc2ccc(/C=N\NC(=O)c3ccc(OCc4ccc(Cl)cc4)cc3)cc2)cc1. The Labute approximate surface area is 210 Å². The number of benzene rings is 4. The topological polar surface area (TPSA) is 59.9 Å². The molecule has 0 saturated carbocycles. The minimum Gasteiger partial charge on any atom is -0.489 e. The van der Waals surface area contributed by atoms with Gasteiger partial charge in [0.2, 0.25) is 0 Å². The molecular weight excluding hydrogens is 460 g/mol. The lowest BCUT2D eigenvalue weighted by Crippen LogP contribution is -2.17. The number of aryl methyl sites for hydroxylation is 1. The molecule has 0 unspecified atom stereocenters. The lowest BCUT2D eigenvalue weighted by atomic mass is 10.2. The second kappa shape index (κ2) is 11.9. The molecule has 0 fully saturated rings. The Hall–Kier alpha value is -4.09. The summed E-state index contributed by atoms with van der Waals surface area (Å²) in [4.78, 5) is 12.4. The van der Waals surface area contributed by atoms with Gasteiger partial charge < -0.3 is 9.47 Å². The quantitative estimate of drug-likeness (QED) is 0.216. The molecule has 0 spiro atoms. The van der Waals surface area contributed by atoms with Crippen LogP contribution in [-0.4, -0.2) is 12.1 Å². The van der Waals surface area contributed by atoms with E-state index < -0.39 is 0 Å². The summed E-state index contributed by atoms with van der Waals surface area (Å²) in [6.45, 7) is 2.99. The number of halogens is 1. The van der Waals surface area contributed by atoms with E-state index in [1.54, 1.807) is 30.5 Å². The van der Waals surface area contributed by atoms with Gasteiger partial charge in [-0.2, -0.15) is 5.10 Å². The van der Waals surface area contributed by atoms with Crippen LogP contribution in [0.3, 0.4) is 0 Å². The van der Waals surface area contributed by atoms with E-state index in [-0.39, 0.29) is 5.91 Å². The van der Waals surface area contributed by atoms with E-state index in [0.717, 1.165) is 22.4 Å². The number of rotatable bonds is 9. The Morgan fingerprint density at radius 2 is 1.29 bits per heavy atom. The van der Waals surface area contributed by atoms with Crippen LogP contribution in [-0.2, 0) is 13.2 Å². The van der Waals surface area contributed by atoms with Gasteiger partial charge in [-0.3, -0.25) is 4.79 Å². The number of hydrogen-bond donors (Lipinski definition) is 1. The van der Waals surface area contributed by atoms with Crippen LogP contribution in [0.1, 0.15) is 32.6 Å². The van der Waals surface area contributed by atoms with E-state index in [4.69, 9.17) is 21.1 Å². The van der Waals surface area contributed by atoms with Crippen LogP contribution < -0.4 is 14.9 Å². The van der Waals surface area contributed by atoms with E-state index in [9.17, 15) is 4.79 Å². The first-order valence-corrected chi connectivity index (χ1v) is 11.5. The molecule has 0 bridgehead atoms. The molecule has 5 nitrogen and oxygen atoms in total. The number of hydrazone groups is 1. The van der Waals surface area contributed by atoms with E-state index in [0.29, 0.717) is 29.5 Å². The third-order valence-electron chi connectivity index (χ3n) is 5.22. The first-order valence-electron chi connectivity index (χ1n) is 11.1. The summed E-state index contributed by atoms with van der Waals surface area (Å²) in [6.07, 6.45) is 1.59. The third-order valence-corrected chi connectivity index (χ3v) is 5.47. The van der Waals surface area contributed by atoms with Gasteiger partial charge in [0.1, 0.15) is 24.7 Å². The van der Waals surface area contributed by atoms with Gasteiger partial charge in [-0.05, 0) is 84.3 Å². The van der Waals surface area contributed by atoms with Crippen LogP contribution in [0.5, 0.6) is 11.5 Å². The Morgan fingerprint density at radius 1 is 0.771 bits per heavy atom. The maximum atomic E-state index is 12.4. The van der Waals surface area contributed by atoms with Gasteiger partial charge in [0.15, 0.2) is 0 Å². The summed E-state index contributed by atoms with van der Waals surface area (Å²) >= 11 is 5.89. The maximum absolute atomic E-state index is 12.4. The van der Waals surface area contributed by atoms with Crippen molar-refractivity contribution in [3.63, 3.8) is 0 Å². The van der Waals surface area contributed by atoms with E-state index in [2.05, 4.69) is 41.7 Å². The highest BCUT2D eigenvalue weighted by Crippen LogP contribution is 2.16. The largest absolute Gasteiger partial charge is 0.489 e. The summed E-state index contributed by atoms with van der Waals surface area (Å²) < 4.78 is 11.6. The molecule has 0 aliphatic carbocycles. The highest BCUT2D eigenvalue weighted by atomic mass is 35.5. The van der Waals surface area contributed by atoms with E-state index >= 15 is 0 Å². The molecule has 176 valence electrons. The fraction of sp³-hybridized carbons (Fsp3) is 0.103. The normalized spacial score (nSPS) is 10.8. The highest BCUT2D eigenvalue weighted by molar-refractivity contribution is 6.30. The van der Waals surface area contributed by atoms with Gasteiger partial charge in [0, 0.05) is 10.6 Å². The van der Waals surface area contributed by atoms with Crippen LogP contribution in [0.2, 0.25) is 5.02 Å². The monoisotopic (exact) mass is 484 g/mol. The smallest absolute Gasteiger partial charge is 0.271 e. The van der Waals surface area contributed by atoms with Crippen molar-refractivity contribution in [2.45, 2.75) is 20.1 Å². The lowest BCUT2D eigenvalue weighted by molar-refractivity contribution is 0.0955. The first-order chi connectivity index (χ1) is 17.0. The number of nitrogens with zero attached hydrogens (tertiary/aromatic N) is 1. The molecule has 6 heteroatoms. The highest BCUT2D eigenvalue weighted by Gasteiger charge is 2.05. The van der Waals surface area contributed by atoms with E-state index in [1.807, 2.05) is 48.5 Å². The molecule has 35 heavy (non-hydrogen) atoms. The van der Waals surface area contributed by atoms with Crippen molar-refractivity contribution in [2.75, 3.05) is 0 Å². The van der Waals surface area contributed by atoms with Crippen molar-refractivity contribution < 1.29 is 14.3 Å². The van der Waals surface area contributed by atoms with E-state index in [1.165, 1.54) is 5.56 Å². The number of carbonyl (C=O) groups is 1. The molecule has 0 heterocycles. The van der Waals surface area contributed by atoms with Crippen LogP contribution >= 0.6 is 11.6 Å². The van der Waals surface area contributed by atoms with Crippen molar-refractivity contribution in [1.29, 1.82) is 0 Å². The van der Waals surface area contributed by atoms with Crippen LogP contribution in [0.4, 0.5) is 0 Å². The molecule has 0 aromatic heterocycles. The van der Waals surface area contributed by atoms with Gasteiger partial charge in [0.05, 0.1) is 6.21 Å². The molecule has 1 amide bonds. The molecule has 4 aromatic carbocycles. The van der Waals surface area contributed by atoms with Crippen LogP contribution in [0.25, 0.3) is 0 Å². The van der Waals surface area contributed by atoms with Crippen molar-refractivity contribution in [3.8, 4) is 11.5 Å². The van der Waals surface area contributed by atoms with Crippen molar-refractivity contribution in [3.05, 3.63) is 130 Å². The number of hydrogen-bond acceptors (Lipinski definition) is 4. The molecule has 0 radical (unpaired) electrons. The van der Waals surface area contributed by atoms with Gasteiger partial charge in [-0.15, -0.1) is 0 Å². The molecule has 0 saturated heterocycles. The Balaban J connectivity index is 1.23. The molecule has 0 atom stereocenters. The predicted octanol–water partition coefficient (Wildman–Crippen LogP) is 6.57. The zero-order valence-electron chi connectivity index (χ0n) is 19.3. The van der Waals surface area contributed by atoms with Crippen molar-refractivity contribution in [1.82, 2.24) is 5.43 Å². The number of carbonyl (C=O) groups excluding carboxylic acids is 1. The van der Waals surface area contributed by atoms with Gasteiger partial charge in [-0.1, -0.05) is 53.6 Å². The van der Waals surface area contributed by atoms with Gasteiger partial charge in [0.25, 0.3) is 5.91 Å². The number of amides is 1. The molecule has 0 aliphatic heterocycles. The Morgan fingerprint density at radius 3 is 1.86 bits per heavy atom. The minimum atomic E-state index is -0.302. The van der Waals surface area contributed by atoms with Gasteiger partial charge >= 0.3 is 0 Å². The molecule has 4 rings (SSSR count). The summed E-state index contributed by atoms with van der Waals surface area (Å²) in [6, 6.07) is 30.1. The predicted molar refractivity (Wildman–Crippen MR) is 139 cm³/mol. The third kappa shape index (κ3) is 7.45. The summed E-state index contributed by atoms with van der Waals surface area (Å²) in [5.41, 5.74) is 7.22. The zero-order chi connectivity index (χ0) is 24.5. The summed E-state index contributed by atoms with van der Waals surface area (Å²) in [5.74, 6) is 1.14. The fourth-order valence-electron chi connectivity index (χ4n) is 3.18. The fourth-order valence-corrected chi connectivity index (χ4v) is 3.31. The summed E-state index contributed by atoms with van der Waals surface area (Å²) in [5, 5.41) is 4.73. The Kier molecular flexibility index (Phi) is 8.15. The Bertz CT molecular complexity index is 1270. The van der Waals surface area contributed by atoms with Crippen LogP contribution in [0.15, 0.2) is 102 Å². The average Bonchev–Trinajstić information content (AvgIpc) is 2.89. The number of nitrogens with one attached hydrogen (secondary N) is 1. The average molecular weight is 485 g/mol. The zero-order valence-corrected chi connectivity index (χ0v) is 20.0. The van der Waals surface area contributed by atoms with Gasteiger partial charge in [-0.25, -0.2) is 5.43 Å².